The normalized spacial score (nSPS) is 12.9. The van der Waals surface area contributed by atoms with Crippen molar-refractivity contribution in [1.29, 1.82) is 0 Å². The second-order valence-electron chi connectivity index (χ2n) is 6.91. The van der Waals surface area contributed by atoms with E-state index in [-0.39, 0.29) is 29.1 Å². The van der Waals surface area contributed by atoms with E-state index in [2.05, 4.69) is 16.9 Å². The van der Waals surface area contributed by atoms with Crippen molar-refractivity contribution in [2.75, 3.05) is 12.6 Å². The van der Waals surface area contributed by atoms with Crippen molar-refractivity contribution in [3.8, 4) is 11.1 Å². The van der Waals surface area contributed by atoms with E-state index in [1.165, 1.54) is 18.2 Å². The molecule has 0 radical (unpaired) electrons. The molecule has 0 spiro atoms. The summed E-state index contributed by atoms with van der Waals surface area (Å²) in [7, 11) is 0. The molecule has 0 bridgehead atoms. The first-order valence-corrected chi connectivity index (χ1v) is 9.93. The number of nitrogens with one attached hydrogen (secondary N) is 1. The third-order valence-electron chi connectivity index (χ3n) is 4.87. The van der Waals surface area contributed by atoms with Crippen LogP contribution in [0, 0.1) is 5.92 Å². The molecule has 2 aromatic rings. The van der Waals surface area contributed by atoms with Crippen molar-refractivity contribution in [3.63, 3.8) is 0 Å². The Hall–Kier alpha value is -3.03. The summed E-state index contributed by atoms with van der Waals surface area (Å²) in [6.07, 6.45) is 4.33. The molecule has 1 fully saturated rings. The highest BCUT2D eigenvalue weighted by Gasteiger charge is 2.24. The molecule has 1 aliphatic carbocycles. The van der Waals surface area contributed by atoms with Crippen molar-refractivity contribution in [2.24, 2.45) is 5.92 Å². The number of rotatable bonds is 9. The Balaban J connectivity index is 2.08. The Morgan fingerprint density at radius 3 is 2.63 bits per heavy atom. The van der Waals surface area contributed by atoms with Crippen molar-refractivity contribution < 1.29 is 24.2 Å². The molecule has 7 nitrogen and oxygen atoms in total. The van der Waals surface area contributed by atoms with Crippen LogP contribution < -0.4 is 5.32 Å². The maximum atomic E-state index is 12.5. The molecule has 1 aromatic heterocycles. The molecule has 3 rings (SSSR count). The average Bonchev–Trinajstić information content (AvgIpc) is 3.60. The Kier molecular flexibility index (Phi) is 6.97. The largest absolute Gasteiger partial charge is 0.445 e. The summed E-state index contributed by atoms with van der Waals surface area (Å²) in [5, 5.41) is 12.5. The number of carbonyl (C=O) groups is 3. The van der Waals surface area contributed by atoms with Crippen LogP contribution in [0.4, 0.5) is 0 Å². The third kappa shape index (κ3) is 4.75. The number of alkyl halides is 1. The highest BCUT2D eigenvalue weighted by molar-refractivity contribution is 6.18. The molecule has 1 aromatic carbocycles. The van der Waals surface area contributed by atoms with Crippen molar-refractivity contribution in [1.82, 2.24) is 10.3 Å². The summed E-state index contributed by atoms with van der Waals surface area (Å²) in [5.41, 5.74) is 1.96. The van der Waals surface area contributed by atoms with E-state index in [0.717, 1.165) is 12.8 Å². The van der Waals surface area contributed by atoms with E-state index in [0.29, 0.717) is 35.4 Å². The first kappa shape index (κ1) is 21.7. The SMILES string of the molecule is C=Cc1cc(C=O)c(-c2ccc(C(=O)NCC3CC3)nc2C(=O)OCCl)cc1CO. The fourth-order valence-corrected chi connectivity index (χ4v) is 3.16. The summed E-state index contributed by atoms with van der Waals surface area (Å²) in [5.74, 6) is -0.738. The van der Waals surface area contributed by atoms with Crippen LogP contribution in [-0.4, -0.2) is 40.9 Å². The molecule has 1 saturated carbocycles. The van der Waals surface area contributed by atoms with Gasteiger partial charge in [-0.15, -0.1) is 0 Å². The fourth-order valence-electron chi connectivity index (χ4n) is 3.06. The van der Waals surface area contributed by atoms with Crippen LogP contribution in [0.25, 0.3) is 17.2 Å². The van der Waals surface area contributed by atoms with E-state index in [4.69, 9.17) is 16.3 Å². The predicted octanol–water partition coefficient (Wildman–Crippen LogP) is 3.19. The van der Waals surface area contributed by atoms with Gasteiger partial charge in [-0.3, -0.25) is 9.59 Å². The van der Waals surface area contributed by atoms with E-state index in [1.54, 1.807) is 12.1 Å². The van der Waals surface area contributed by atoms with Crippen molar-refractivity contribution in [3.05, 3.63) is 58.9 Å². The van der Waals surface area contributed by atoms with Gasteiger partial charge in [-0.2, -0.15) is 0 Å². The Labute approximate surface area is 178 Å². The monoisotopic (exact) mass is 428 g/mol. The first-order valence-electron chi connectivity index (χ1n) is 9.40. The number of aliphatic hydroxyl groups excluding tert-OH is 1. The topological polar surface area (TPSA) is 106 Å². The van der Waals surface area contributed by atoms with Crippen molar-refractivity contribution >= 4 is 35.8 Å². The number of carbonyl (C=O) groups excluding carboxylic acids is 3. The molecular formula is C22H21ClN2O5. The van der Waals surface area contributed by atoms with Gasteiger partial charge >= 0.3 is 5.97 Å². The highest BCUT2D eigenvalue weighted by Crippen LogP contribution is 2.30. The zero-order valence-corrected chi connectivity index (χ0v) is 16.9. The number of pyridine rings is 1. The molecule has 156 valence electrons. The predicted molar refractivity (Wildman–Crippen MR) is 112 cm³/mol. The molecule has 0 aliphatic heterocycles. The Bertz CT molecular complexity index is 1000. The second-order valence-corrected chi connectivity index (χ2v) is 7.12. The third-order valence-corrected chi connectivity index (χ3v) is 4.98. The zero-order chi connectivity index (χ0) is 21.7. The number of hydrogen-bond donors (Lipinski definition) is 2. The van der Waals surface area contributed by atoms with Gasteiger partial charge in [0.25, 0.3) is 5.91 Å². The summed E-state index contributed by atoms with van der Waals surface area (Å²) in [4.78, 5) is 40.8. The van der Waals surface area contributed by atoms with Crippen LogP contribution in [0.3, 0.4) is 0 Å². The Morgan fingerprint density at radius 1 is 1.27 bits per heavy atom. The van der Waals surface area contributed by atoms with Gasteiger partial charge in [0.2, 0.25) is 0 Å². The van der Waals surface area contributed by atoms with E-state index in [1.807, 2.05) is 0 Å². The van der Waals surface area contributed by atoms with Crippen LogP contribution in [0.5, 0.6) is 0 Å². The highest BCUT2D eigenvalue weighted by atomic mass is 35.5. The standard InChI is InChI=1S/C22H21ClN2O5/c1-2-14-7-16(11-27)18(8-15(14)10-26)17-5-6-19(21(28)24-9-13-3-4-13)25-20(17)22(29)30-12-23/h2,5-8,11,13,26H,1,3-4,9-10,12H2,(H,24,28). The maximum absolute atomic E-state index is 12.5. The molecule has 1 heterocycles. The van der Waals surface area contributed by atoms with E-state index < -0.39 is 17.9 Å². The Morgan fingerprint density at radius 2 is 2.03 bits per heavy atom. The fraction of sp³-hybridized carbons (Fsp3) is 0.273. The number of ether oxygens (including phenoxy) is 1. The van der Waals surface area contributed by atoms with Crippen LogP contribution >= 0.6 is 11.6 Å². The molecule has 0 unspecified atom stereocenters. The van der Waals surface area contributed by atoms with Gasteiger partial charge in [0, 0.05) is 17.7 Å². The van der Waals surface area contributed by atoms with Crippen LogP contribution in [0.1, 0.15) is 55.3 Å². The van der Waals surface area contributed by atoms with Gasteiger partial charge in [0.15, 0.2) is 18.0 Å². The number of amides is 1. The second kappa shape index (κ2) is 9.65. The molecule has 1 aliphatic rings. The lowest BCUT2D eigenvalue weighted by atomic mass is 9.93. The first-order chi connectivity index (χ1) is 14.5. The minimum atomic E-state index is -0.827. The lowest BCUT2D eigenvalue weighted by Crippen LogP contribution is -2.27. The lowest BCUT2D eigenvalue weighted by molar-refractivity contribution is 0.0568. The summed E-state index contributed by atoms with van der Waals surface area (Å²) < 4.78 is 4.89. The van der Waals surface area contributed by atoms with Gasteiger partial charge in [0.05, 0.1) is 6.61 Å². The van der Waals surface area contributed by atoms with Crippen LogP contribution in [-0.2, 0) is 11.3 Å². The number of aliphatic hydroxyl groups is 1. The summed E-state index contributed by atoms with van der Waals surface area (Å²) >= 11 is 5.53. The minimum absolute atomic E-state index is 0.0543. The van der Waals surface area contributed by atoms with Gasteiger partial charge in [-0.05, 0) is 59.7 Å². The molecule has 2 N–H and O–H groups in total. The number of nitrogens with zero attached hydrogens (tertiary/aromatic N) is 1. The van der Waals surface area contributed by atoms with E-state index >= 15 is 0 Å². The van der Waals surface area contributed by atoms with E-state index in [9.17, 15) is 19.5 Å². The lowest BCUT2D eigenvalue weighted by Gasteiger charge is -2.14. The van der Waals surface area contributed by atoms with Gasteiger partial charge in [0.1, 0.15) is 5.69 Å². The minimum Gasteiger partial charge on any atom is -0.445 e. The number of hydrogen-bond acceptors (Lipinski definition) is 6. The number of benzene rings is 1. The quantitative estimate of drug-likeness (QED) is 0.361. The van der Waals surface area contributed by atoms with Gasteiger partial charge < -0.3 is 15.2 Å². The summed E-state index contributed by atoms with van der Waals surface area (Å²) in [6, 6.07) is 5.76. The molecular weight excluding hydrogens is 408 g/mol. The summed E-state index contributed by atoms with van der Waals surface area (Å²) in [6.45, 7) is 3.95. The van der Waals surface area contributed by atoms with Crippen LogP contribution in [0.2, 0.25) is 0 Å². The van der Waals surface area contributed by atoms with Crippen LogP contribution in [0.15, 0.2) is 30.8 Å². The van der Waals surface area contributed by atoms with Crippen molar-refractivity contribution in [2.45, 2.75) is 19.4 Å². The number of aromatic nitrogens is 1. The smallest absolute Gasteiger partial charge is 0.358 e. The number of halogens is 1. The number of aldehydes is 1. The molecule has 8 heteroatoms. The van der Waals surface area contributed by atoms with Gasteiger partial charge in [-0.1, -0.05) is 24.3 Å². The van der Waals surface area contributed by atoms with Gasteiger partial charge in [-0.25, -0.2) is 9.78 Å². The number of esters is 1. The molecule has 0 saturated heterocycles. The molecule has 1 amide bonds. The maximum Gasteiger partial charge on any atom is 0.358 e. The molecule has 30 heavy (non-hydrogen) atoms. The average molecular weight is 429 g/mol. The zero-order valence-electron chi connectivity index (χ0n) is 16.2. The molecule has 0 atom stereocenters.